The van der Waals surface area contributed by atoms with Crippen LogP contribution in [0, 0.1) is 0 Å². The molecule has 32 heavy (non-hydrogen) atoms. The molecule has 164 valence electrons. The zero-order chi connectivity index (χ0) is 22.9. The number of fused-ring (bicyclic) bond motifs is 1. The van der Waals surface area contributed by atoms with E-state index in [9.17, 15) is 13.2 Å². The Morgan fingerprint density at radius 2 is 1.78 bits per heavy atom. The van der Waals surface area contributed by atoms with Crippen LogP contribution in [0.1, 0.15) is 28.3 Å². The summed E-state index contributed by atoms with van der Waals surface area (Å²) in [7, 11) is -2.19. The molecule has 0 saturated heterocycles. The molecule has 0 bridgehead atoms. The Morgan fingerprint density at radius 3 is 2.50 bits per heavy atom. The third kappa shape index (κ3) is 4.62. The number of nitrogens with zero attached hydrogens (tertiary/aromatic N) is 2. The van der Waals surface area contributed by atoms with Gasteiger partial charge in [-0.1, -0.05) is 29.8 Å². The minimum Gasteiger partial charge on any atom is -0.333 e. The molecular formula is C23H20ClN3O3S2. The van der Waals surface area contributed by atoms with E-state index in [0.717, 1.165) is 15.2 Å². The van der Waals surface area contributed by atoms with Crippen molar-refractivity contribution in [1.82, 2.24) is 9.88 Å². The Bertz CT molecular complexity index is 1350. The van der Waals surface area contributed by atoms with Crippen molar-refractivity contribution in [3.8, 4) is 0 Å². The molecule has 1 atom stereocenters. The Hall–Kier alpha value is -2.94. The highest BCUT2D eigenvalue weighted by atomic mass is 35.5. The summed E-state index contributed by atoms with van der Waals surface area (Å²) < 4.78 is 29.2. The van der Waals surface area contributed by atoms with Crippen LogP contribution in [0.2, 0.25) is 5.02 Å². The van der Waals surface area contributed by atoms with Gasteiger partial charge in [0.05, 0.1) is 21.2 Å². The highest BCUT2D eigenvalue weighted by Crippen LogP contribution is 2.30. The van der Waals surface area contributed by atoms with Crippen molar-refractivity contribution in [2.45, 2.75) is 17.9 Å². The van der Waals surface area contributed by atoms with E-state index in [1.165, 1.54) is 23.5 Å². The smallest absolute Gasteiger partial charge is 0.261 e. The summed E-state index contributed by atoms with van der Waals surface area (Å²) in [5.74, 6) is -0.291. The molecule has 1 heterocycles. The third-order valence-electron chi connectivity index (χ3n) is 5.06. The molecule has 0 spiro atoms. The van der Waals surface area contributed by atoms with E-state index >= 15 is 0 Å². The summed E-state index contributed by atoms with van der Waals surface area (Å²) in [6, 6.07) is 19.9. The highest BCUT2D eigenvalue weighted by molar-refractivity contribution is 7.92. The first-order valence-corrected chi connectivity index (χ1v) is 12.4. The molecule has 0 aliphatic carbocycles. The van der Waals surface area contributed by atoms with Crippen LogP contribution in [0.25, 0.3) is 10.2 Å². The summed E-state index contributed by atoms with van der Waals surface area (Å²) in [4.78, 5) is 19.3. The number of thiazole rings is 1. The zero-order valence-electron chi connectivity index (χ0n) is 17.3. The van der Waals surface area contributed by atoms with Crippen LogP contribution < -0.4 is 4.72 Å². The number of carbonyl (C=O) groups excluding carboxylic acids is 1. The number of hydrogen-bond donors (Lipinski definition) is 1. The number of nitrogens with one attached hydrogen (secondary N) is 1. The summed E-state index contributed by atoms with van der Waals surface area (Å²) in [5.41, 5.74) is 1.55. The molecule has 0 saturated carbocycles. The van der Waals surface area contributed by atoms with Crippen LogP contribution in [0.4, 0.5) is 5.69 Å². The first kappa shape index (κ1) is 22.3. The Balaban J connectivity index is 1.56. The standard InChI is InChI=1S/C23H20ClN3O3S2/c1-15(22-25-20-8-3-4-9-21(20)31-22)27(2)23(28)16-6-5-7-19(14-16)32(29,30)26-18-12-10-17(24)11-13-18/h3-15,26H,1-2H3. The topological polar surface area (TPSA) is 79.4 Å². The van der Waals surface area contributed by atoms with Gasteiger partial charge >= 0.3 is 0 Å². The van der Waals surface area contributed by atoms with E-state index < -0.39 is 10.0 Å². The Morgan fingerprint density at radius 1 is 1.06 bits per heavy atom. The lowest BCUT2D eigenvalue weighted by atomic mass is 10.2. The van der Waals surface area contributed by atoms with Gasteiger partial charge in [-0.2, -0.15) is 0 Å². The largest absolute Gasteiger partial charge is 0.333 e. The van der Waals surface area contributed by atoms with Crippen LogP contribution >= 0.6 is 22.9 Å². The molecule has 6 nitrogen and oxygen atoms in total. The molecule has 1 N–H and O–H groups in total. The van der Waals surface area contributed by atoms with Gasteiger partial charge in [0.25, 0.3) is 15.9 Å². The first-order chi connectivity index (χ1) is 15.2. The fourth-order valence-corrected chi connectivity index (χ4v) is 5.44. The number of benzene rings is 3. The average Bonchev–Trinajstić information content (AvgIpc) is 3.23. The monoisotopic (exact) mass is 485 g/mol. The number of para-hydroxylation sites is 1. The van der Waals surface area contributed by atoms with Gasteiger partial charge in [0.1, 0.15) is 5.01 Å². The van der Waals surface area contributed by atoms with Crippen LogP contribution in [0.3, 0.4) is 0 Å². The lowest BCUT2D eigenvalue weighted by Gasteiger charge is -2.23. The molecule has 1 unspecified atom stereocenters. The summed E-state index contributed by atoms with van der Waals surface area (Å²) in [5, 5.41) is 1.32. The third-order valence-corrected chi connectivity index (χ3v) is 7.89. The normalized spacial score (nSPS) is 12.5. The number of halogens is 1. The number of aromatic nitrogens is 1. The zero-order valence-corrected chi connectivity index (χ0v) is 19.7. The Labute approximate surface area is 195 Å². The van der Waals surface area contributed by atoms with Gasteiger partial charge in [0.15, 0.2) is 0 Å². The molecule has 0 fully saturated rings. The van der Waals surface area contributed by atoms with Crippen molar-refractivity contribution in [2.75, 3.05) is 11.8 Å². The van der Waals surface area contributed by atoms with E-state index in [-0.39, 0.29) is 22.4 Å². The molecule has 4 rings (SSSR count). The van der Waals surface area contributed by atoms with Crippen molar-refractivity contribution < 1.29 is 13.2 Å². The van der Waals surface area contributed by atoms with Crippen molar-refractivity contribution >= 4 is 54.8 Å². The van der Waals surface area contributed by atoms with E-state index in [0.29, 0.717) is 10.7 Å². The summed E-state index contributed by atoms with van der Waals surface area (Å²) in [6.45, 7) is 1.90. The van der Waals surface area contributed by atoms with Crippen LogP contribution in [-0.2, 0) is 10.0 Å². The fraction of sp³-hybridized carbons (Fsp3) is 0.130. The minimum absolute atomic E-state index is 0.000611. The second kappa shape index (κ2) is 8.90. The first-order valence-electron chi connectivity index (χ1n) is 9.76. The molecule has 0 aliphatic heterocycles. The van der Waals surface area contributed by atoms with Gasteiger partial charge in [-0.15, -0.1) is 11.3 Å². The molecule has 1 amide bonds. The van der Waals surface area contributed by atoms with E-state index in [1.54, 1.807) is 48.3 Å². The van der Waals surface area contributed by atoms with Crippen molar-refractivity contribution in [3.05, 3.63) is 88.4 Å². The van der Waals surface area contributed by atoms with Gasteiger partial charge in [0.2, 0.25) is 0 Å². The molecular weight excluding hydrogens is 466 g/mol. The number of anilines is 1. The van der Waals surface area contributed by atoms with Crippen molar-refractivity contribution in [1.29, 1.82) is 0 Å². The lowest BCUT2D eigenvalue weighted by molar-refractivity contribution is 0.0742. The Kier molecular flexibility index (Phi) is 6.19. The van der Waals surface area contributed by atoms with Gasteiger partial charge < -0.3 is 4.90 Å². The van der Waals surface area contributed by atoms with Crippen molar-refractivity contribution in [3.63, 3.8) is 0 Å². The molecule has 9 heteroatoms. The van der Waals surface area contributed by atoms with E-state index in [1.807, 2.05) is 31.2 Å². The molecule has 1 aromatic heterocycles. The maximum atomic E-state index is 13.1. The molecule has 0 aliphatic rings. The van der Waals surface area contributed by atoms with Crippen LogP contribution in [0.15, 0.2) is 77.7 Å². The van der Waals surface area contributed by atoms with Gasteiger partial charge in [0, 0.05) is 23.3 Å². The quantitative estimate of drug-likeness (QED) is 0.386. The predicted octanol–water partition coefficient (Wildman–Crippen LogP) is 5.58. The fourth-order valence-electron chi connectivity index (χ4n) is 3.14. The number of sulfonamides is 1. The average molecular weight is 486 g/mol. The number of rotatable bonds is 6. The van der Waals surface area contributed by atoms with E-state index in [4.69, 9.17) is 11.6 Å². The highest BCUT2D eigenvalue weighted by Gasteiger charge is 2.23. The van der Waals surface area contributed by atoms with Gasteiger partial charge in [-0.05, 0) is 61.5 Å². The minimum atomic E-state index is -3.87. The number of carbonyl (C=O) groups is 1. The maximum absolute atomic E-state index is 13.1. The summed E-state index contributed by atoms with van der Waals surface area (Å²) in [6.07, 6.45) is 0. The second-order valence-corrected chi connectivity index (χ2v) is 10.4. The van der Waals surface area contributed by atoms with Crippen LogP contribution in [0.5, 0.6) is 0 Å². The molecule has 3 aromatic carbocycles. The molecule has 0 radical (unpaired) electrons. The summed E-state index contributed by atoms with van der Waals surface area (Å²) >= 11 is 7.39. The van der Waals surface area contributed by atoms with Crippen LogP contribution in [-0.4, -0.2) is 31.3 Å². The van der Waals surface area contributed by atoms with Gasteiger partial charge in [-0.3, -0.25) is 9.52 Å². The number of amides is 1. The van der Waals surface area contributed by atoms with Crippen molar-refractivity contribution in [2.24, 2.45) is 0 Å². The second-order valence-electron chi connectivity index (χ2n) is 7.25. The SMILES string of the molecule is CC(c1nc2ccccc2s1)N(C)C(=O)c1cccc(S(=O)(=O)Nc2ccc(Cl)cc2)c1. The van der Waals surface area contributed by atoms with Gasteiger partial charge in [-0.25, -0.2) is 13.4 Å². The molecule has 4 aromatic rings. The van der Waals surface area contributed by atoms with E-state index in [2.05, 4.69) is 9.71 Å². The maximum Gasteiger partial charge on any atom is 0.261 e. The predicted molar refractivity (Wildman–Crippen MR) is 129 cm³/mol. The number of hydrogen-bond acceptors (Lipinski definition) is 5. The lowest BCUT2D eigenvalue weighted by Crippen LogP contribution is -2.29.